The molecule has 1 amide bonds. The van der Waals surface area contributed by atoms with Crippen LogP contribution in [0, 0.1) is 0 Å². The fourth-order valence-corrected chi connectivity index (χ4v) is 4.35. The standard InChI is InChI=1S/C22H21Cl3N4O/c23-13-5-8-15(9-6-13)29-12-20(22(30)28-19-4-2-1-3-18(19)26)27-21(29)16-10-7-14(24)11-17(16)25/h5-12,18-19H,1-4,26H2,(H,28,30)/t18-,19-/m1/s1. The van der Waals surface area contributed by atoms with Crippen LogP contribution in [0.25, 0.3) is 17.1 Å². The molecule has 0 unspecified atom stereocenters. The Kier molecular flexibility index (Phi) is 6.34. The Labute approximate surface area is 190 Å². The van der Waals surface area contributed by atoms with Gasteiger partial charge in [-0.05, 0) is 55.3 Å². The molecule has 2 atom stereocenters. The molecule has 8 heteroatoms. The Bertz CT molecular complexity index is 1060. The second kappa shape index (κ2) is 8.98. The summed E-state index contributed by atoms with van der Waals surface area (Å²) < 4.78 is 1.82. The number of aromatic nitrogens is 2. The molecule has 1 aliphatic carbocycles. The van der Waals surface area contributed by atoms with E-state index in [0.717, 1.165) is 31.4 Å². The molecule has 0 bridgehead atoms. The van der Waals surface area contributed by atoms with E-state index < -0.39 is 0 Å². The number of carbonyl (C=O) groups excluding carboxylic acids is 1. The molecule has 3 N–H and O–H groups in total. The van der Waals surface area contributed by atoms with Crippen LogP contribution in [-0.2, 0) is 0 Å². The van der Waals surface area contributed by atoms with Crippen molar-refractivity contribution in [3.63, 3.8) is 0 Å². The number of hydrogen-bond acceptors (Lipinski definition) is 3. The Morgan fingerprint density at radius 1 is 1.03 bits per heavy atom. The highest BCUT2D eigenvalue weighted by molar-refractivity contribution is 6.36. The largest absolute Gasteiger partial charge is 0.346 e. The van der Waals surface area contributed by atoms with Gasteiger partial charge in [0.05, 0.1) is 5.02 Å². The van der Waals surface area contributed by atoms with Gasteiger partial charge in [-0.25, -0.2) is 4.98 Å². The average Bonchev–Trinajstić information content (AvgIpc) is 3.15. The van der Waals surface area contributed by atoms with Crippen molar-refractivity contribution in [2.24, 2.45) is 5.73 Å². The van der Waals surface area contributed by atoms with Gasteiger partial charge in [-0.1, -0.05) is 47.6 Å². The molecule has 1 aromatic heterocycles. The van der Waals surface area contributed by atoms with Crippen LogP contribution in [0.1, 0.15) is 36.2 Å². The molecule has 2 aromatic carbocycles. The van der Waals surface area contributed by atoms with Crippen molar-refractivity contribution in [1.29, 1.82) is 0 Å². The summed E-state index contributed by atoms with van der Waals surface area (Å²) >= 11 is 18.5. The van der Waals surface area contributed by atoms with E-state index in [1.807, 2.05) is 16.7 Å². The van der Waals surface area contributed by atoms with Crippen LogP contribution in [-0.4, -0.2) is 27.5 Å². The highest BCUT2D eigenvalue weighted by Gasteiger charge is 2.26. The molecule has 1 saturated carbocycles. The molecule has 1 aliphatic rings. The molecule has 0 aliphatic heterocycles. The van der Waals surface area contributed by atoms with Crippen LogP contribution in [0.4, 0.5) is 0 Å². The van der Waals surface area contributed by atoms with E-state index >= 15 is 0 Å². The number of nitrogens with zero attached hydrogens (tertiary/aromatic N) is 2. The summed E-state index contributed by atoms with van der Waals surface area (Å²) in [6.07, 6.45) is 5.64. The number of rotatable bonds is 4. The van der Waals surface area contributed by atoms with E-state index in [2.05, 4.69) is 10.3 Å². The number of imidazole rings is 1. The zero-order valence-electron chi connectivity index (χ0n) is 16.1. The van der Waals surface area contributed by atoms with Gasteiger partial charge in [0.2, 0.25) is 0 Å². The first kappa shape index (κ1) is 21.2. The topological polar surface area (TPSA) is 72.9 Å². The van der Waals surface area contributed by atoms with Crippen LogP contribution in [0.2, 0.25) is 15.1 Å². The number of halogens is 3. The maximum Gasteiger partial charge on any atom is 0.271 e. The maximum atomic E-state index is 13.0. The number of benzene rings is 2. The van der Waals surface area contributed by atoms with E-state index in [-0.39, 0.29) is 18.0 Å². The minimum atomic E-state index is -0.253. The Morgan fingerprint density at radius 3 is 2.43 bits per heavy atom. The van der Waals surface area contributed by atoms with Crippen molar-refractivity contribution in [1.82, 2.24) is 14.9 Å². The van der Waals surface area contributed by atoms with Crippen molar-refractivity contribution < 1.29 is 4.79 Å². The molecule has 0 radical (unpaired) electrons. The highest BCUT2D eigenvalue weighted by Crippen LogP contribution is 2.32. The fourth-order valence-electron chi connectivity index (χ4n) is 3.73. The van der Waals surface area contributed by atoms with E-state index in [1.165, 1.54) is 0 Å². The van der Waals surface area contributed by atoms with Gasteiger partial charge in [-0.2, -0.15) is 0 Å². The summed E-state index contributed by atoms with van der Waals surface area (Å²) in [5.74, 6) is 0.286. The molecule has 0 saturated heterocycles. The van der Waals surface area contributed by atoms with Crippen LogP contribution >= 0.6 is 34.8 Å². The Balaban J connectivity index is 1.73. The molecule has 30 heavy (non-hydrogen) atoms. The first-order chi connectivity index (χ1) is 14.4. The third kappa shape index (κ3) is 4.49. The van der Waals surface area contributed by atoms with Gasteiger partial charge < -0.3 is 11.1 Å². The summed E-state index contributed by atoms with van der Waals surface area (Å²) in [5.41, 5.74) is 7.96. The normalized spacial score (nSPS) is 18.9. The summed E-state index contributed by atoms with van der Waals surface area (Å²) in [6.45, 7) is 0. The summed E-state index contributed by atoms with van der Waals surface area (Å²) in [4.78, 5) is 17.6. The van der Waals surface area contributed by atoms with Gasteiger partial charge in [-0.3, -0.25) is 9.36 Å². The number of nitrogens with one attached hydrogen (secondary N) is 1. The second-order valence-electron chi connectivity index (χ2n) is 7.45. The minimum absolute atomic E-state index is 0.0359. The number of carbonyl (C=O) groups is 1. The lowest BCUT2D eigenvalue weighted by Gasteiger charge is -2.28. The smallest absolute Gasteiger partial charge is 0.271 e. The molecular formula is C22H21Cl3N4O. The molecule has 4 rings (SSSR count). The monoisotopic (exact) mass is 462 g/mol. The second-order valence-corrected chi connectivity index (χ2v) is 8.73. The summed E-state index contributed by atoms with van der Waals surface area (Å²) in [7, 11) is 0. The van der Waals surface area contributed by atoms with Crippen molar-refractivity contribution >= 4 is 40.7 Å². The lowest BCUT2D eigenvalue weighted by atomic mass is 9.91. The van der Waals surface area contributed by atoms with E-state index in [4.69, 9.17) is 40.5 Å². The zero-order chi connectivity index (χ0) is 21.3. The quantitative estimate of drug-likeness (QED) is 0.536. The van der Waals surface area contributed by atoms with Crippen LogP contribution in [0.5, 0.6) is 0 Å². The van der Waals surface area contributed by atoms with Gasteiger partial charge >= 0.3 is 0 Å². The first-order valence-electron chi connectivity index (χ1n) is 9.79. The molecule has 1 heterocycles. The zero-order valence-corrected chi connectivity index (χ0v) is 18.4. The van der Waals surface area contributed by atoms with Crippen molar-refractivity contribution in [2.75, 3.05) is 0 Å². The number of hydrogen-bond donors (Lipinski definition) is 2. The van der Waals surface area contributed by atoms with Crippen molar-refractivity contribution in [3.05, 3.63) is 69.4 Å². The summed E-state index contributed by atoms with van der Waals surface area (Å²) in [5, 5.41) is 4.64. The maximum absolute atomic E-state index is 13.0. The number of amides is 1. The molecule has 3 aromatic rings. The van der Waals surface area contributed by atoms with Gasteiger partial charge in [0.25, 0.3) is 5.91 Å². The van der Waals surface area contributed by atoms with Gasteiger partial charge in [-0.15, -0.1) is 0 Å². The van der Waals surface area contributed by atoms with Gasteiger partial charge in [0.15, 0.2) is 0 Å². The molecule has 1 fully saturated rings. The Hall–Kier alpha value is -2.05. The number of nitrogens with two attached hydrogens (primary N) is 1. The SMILES string of the molecule is N[C@@H]1CCCC[C@H]1NC(=O)c1cn(-c2ccc(Cl)cc2)c(-c2ccc(Cl)cc2Cl)n1. The predicted octanol–water partition coefficient (Wildman–Crippen LogP) is 5.50. The molecular weight excluding hydrogens is 443 g/mol. The van der Waals surface area contributed by atoms with E-state index in [1.54, 1.807) is 36.5 Å². The lowest BCUT2D eigenvalue weighted by Crippen LogP contribution is -2.49. The van der Waals surface area contributed by atoms with Gasteiger partial charge in [0, 0.05) is 39.6 Å². The predicted molar refractivity (Wildman–Crippen MR) is 122 cm³/mol. The Morgan fingerprint density at radius 2 is 1.73 bits per heavy atom. The van der Waals surface area contributed by atoms with Crippen LogP contribution in [0.15, 0.2) is 48.7 Å². The third-order valence-corrected chi connectivity index (χ3v) is 6.15. The van der Waals surface area contributed by atoms with Gasteiger partial charge in [0.1, 0.15) is 11.5 Å². The summed E-state index contributed by atoms with van der Waals surface area (Å²) in [6, 6.07) is 12.4. The minimum Gasteiger partial charge on any atom is -0.346 e. The molecule has 5 nitrogen and oxygen atoms in total. The van der Waals surface area contributed by atoms with Crippen molar-refractivity contribution in [3.8, 4) is 17.1 Å². The van der Waals surface area contributed by atoms with E-state index in [0.29, 0.717) is 32.1 Å². The third-order valence-electron chi connectivity index (χ3n) is 5.35. The molecule has 156 valence electrons. The average molecular weight is 464 g/mol. The van der Waals surface area contributed by atoms with Crippen LogP contribution in [0.3, 0.4) is 0 Å². The molecule has 0 spiro atoms. The highest BCUT2D eigenvalue weighted by atomic mass is 35.5. The first-order valence-corrected chi connectivity index (χ1v) is 10.9. The lowest BCUT2D eigenvalue weighted by molar-refractivity contribution is 0.0916. The van der Waals surface area contributed by atoms with Crippen LogP contribution < -0.4 is 11.1 Å². The van der Waals surface area contributed by atoms with Crippen molar-refractivity contribution in [2.45, 2.75) is 37.8 Å². The van der Waals surface area contributed by atoms with E-state index in [9.17, 15) is 4.79 Å². The fraction of sp³-hybridized carbons (Fsp3) is 0.273.